The van der Waals surface area contributed by atoms with Crippen LogP contribution in [0.2, 0.25) is 0 Å². The summed E-state index contributed by atoms with van der Waals surface area (Å²) >= 11 is 0. The molecule has 0 saturated carbocycles. The zero-order valence-electron chi connectivity index (χ0n) is 3.39. The first-order valence-electron chi connectivity index (χ1n) is 0. The SMILES string of the molecule is O.O.O.O.O.[LiH].[V].[V]. The van der Waals surface area contributed by atoms with Gasteiger partial charge < -0.3 is 27.4 Å². The van der Waals surface area contributed by atoms with E-state index in [1.54, 1.807) is 0 Å². The molecule has 0 atom stereocenters. The molecule has 2 radical (unpaired) electrons. The van der Waals surface area contributed by atoms with Gasteiger partial charge in [0.1, 0.15) is 0 Å². The van der Waals surface area contributed by atoms with E-state index < -0.39 is 0 Å². The average molecular weight is 200 g/mol. The Balaban J connectivity index is 0. The van der Waals surface area contributed by atoms with E-state index in [9.17, 15) is 0 Å². The molecule has 0 unspecified atom stereocenters. The third kappa shape index (κ3) is 133. The largest absolute Gasteiger partial charge is 0 e. The van der Waals surface area contributed by atoms with Crippen LogP contribution in [0.1, 0.15) is 0 Å². The molecule has 0 aliphatic heterocycles. The normalized spacial score (nSPS) is 0. The molecule has 0 spiro atoms. The van der Waals surface area contributed by atoms with Gasteiger partial charge in [-0.2, -0.15) is 0 Å². The standard InChI is InChI=1S/Li.5H2O.2V.H/h;5*1H2;;;. The fourth-order valence-corrected chi connectivity index (χ4v) is 0. The Morgan fingerprint density at radius 2 is 0.375 bits per heavy atom. The van der Waals surface area contributed by atoms with Crippen LogP contribution in [0.25, 0.3) is 0 Å². The van der Waals surface area contributed by atoms with E-state index in [0.29, 0.717) is 0 Å². The predicted octanol–water partition coefficient (Wildman–Crippen LogP) is -4.78. The van der Waals surface area contributed by atoms with Crippen molar-refractivity contribution in [2.24, 2.45) is 0 Å². The van der Waals surface area contributed by atoms with E-state index in [2.05, 4.69) is 0 Å². The van der Waals surface area contributed by atoms with Crippen molar-refractivity contribution in [3.05, 3.63) is 0 Å². The van der Waals surface area contributed by atoms with E-state index in [4.69, 9.17) is 0 Å². The Labute approximate surface area is 83.1 Å². The second-order valence-corrected chi connectivity index (χ2v) is 0. The second-order valence-electron chi connectivity index (χ2n) is 0. The van der Waals surface area contributed by atoms with Crippen LogP contribution in [0, 0.1) is 0 Å². The fraction of sp³-hybridized carbons (Fsp3) is 0. The van der Waals surface area contributed by atoms with E-state index in [-0.39, 0.29) is 83.4 Å². The van der Waals surface area contributed by atoms with Crippen molar-refractivity contribution in [1.82, 2.24) is 0 Å². The van der Waals surface area contributed by atoms with E-state index in [0.717, 1.165) is 0 Å². The summed E-state index contributed by atoms with van der Waals surface area (Å²) in [4.78, 5) is 0. The van der Waals surface area contributed by atoms with Crippen LogP contribution in [-0.2, 0) is 37.1 Å². The fourth-order valence-electron chi connectivity index (χ4n) is 0. The molecule has 0 fully saturated rings. The van der Waals surface area contributed by atoms with Crippen molar-refractivity contribution in [3.8, 4) is 0 Å². The summed E-state index contributed by atoms with van der Waals surface area (Å²) in [5, 5.41) is 0. The predicted molar refractivity (Wildman–Crippen MR) is 25.2 cm³/mol. The van der Waals surface area contributed by atoms with Gasteiger partial charge in [-0.1, -0.05) is 0 Å². The quantitative estimate of drug-likeness (QED) is 0.343. The van der Waals surface area contributed by atoms with Gasteiger partial charge in [0.15, 0.2) is 0 Å². The smallest absolute Gasteiger partial charge is 0 e. The molecule has 52 valence electrons. The van der Waals surface area contributed by atoms with Gasteiger partial charge >= 0.3 is 18.9 Å². The number of hydrogen-bond donors (Lipinski definition) is 0. The van der Waals surface area contributed by atoms with E-state index >= 15 is 0 Å². The van der Waals surface area contributed by atoms with Gasteiger partial charge in [0, 0.05) is 37.1 Å². The molecule has 8 heavy (non-hydrogen) atoms. The summed E-state index contributed by atoms with van der Waals surface area (Å²) in [5.41, 5.74) is 0. The monoisotopic (exact) mass is 200 g/mol. The summed E-state index contributed by atoms with van der Waals surface area (Å²) in [6.07, 6.45) is 0. The molecule has 0 rings (SSSR count). The zero-order chi connectivity index (χ0) is 0. The van der Waals surface area contributed by atoms with Crippen molar-refractivity contribution in [2.75, 3.05) is 0 Å². The topological polar surface area (TPSA) is 158 Å². The van der Waals surface area contributed by atoms with Crippen LogP contribution < -0.4 is 0 Å². The number of hydrogen-bond acceptors (Lipinski definition) is 0. The van der Waals surface area contributed by atoms with Crippen molar-refractivity contribution < 1.29 is 64.5 Å². The molecular formula is H11LiO5V2. The van der Waals surface area contributed by atoms with Crippen LogP contribution >= 0.6 is 0 Å². The van der Waals surface area contributed by atoms with Crippen LogP contribution in [0.5, 0.6) is 0 Å². The molecule has 0 bridgehead atoms. The Morgan fingerprint density at radius 3 is 0.375 bits per heavy atom. The van der Waals surface area contributed by atoms with E-state index in [1.807, 2.05) is 0 Å². The Hall–Kier alpha value is 1.57. The maximum Gasteiger partial charge on any atom is 0 e. The van der Waals surface area contributed by atoms with Gasteiger partial charge in [-0.25, -0.2) is 0 Å². The number of rotatable bonds is 0. The summed E-state index contributed by atoms with van der Waals surface area (Å²) in [5.74, 6) is 0. The van der Waals surface area contributed by atoms with Crippen LogP contribution in [0.3, 0.4) is 0 Å². The summed E-state index contributed by atoms with van der Waals surface area (Å²) in [7, 11) is 0. The maximum absolute atomic E-state index is 0. The first-order chi connectivity index (χ1) is 0. The van der Waals surface area contributed by atoms with Crippen molar-refractivity contribution >= 4 is 18.9 Å². The molecule has 8 heteroatoms. The minimum absolute atomic E-state index is 0. The molecule has 10 N–H and O–H groups in total. The second kappa shape index (κ2) is 200. The molecule has 0 amide bonds. The average Bonchev–Trinajstić information content (AvgIpc) is 0. The van der Waals surface area contributed by atoms with E-state index in [1.165, 1.54) is 0 Å². The Morgan fingerprint density at radius 1 is 0.375 bits per heavy atom. The minimum atomic E-state index is 0. The molecule has 0 aliphatic carbocycles. The Bertz CT molecular complexity index is 10.4. The van der Waals surface area contributed by atoms with Gasteiger partial charge in [-0.3, -0.25) is 0 Å². The summed E-state index contributed by atoms with van der Waals surface area (Å²) in [6, 6.07) is 0. The molecule has 0 heterocycles. The summed E-state index contributed by atoms with van der Waals surface area (Å²) in [6.45, 7) is 0. The van der Waals surface area contributed by atoms with Crippen LogP contribution in [-0.4, -0.2) is 46.2 Å². The molecule has 0 saturated heterocycles. The van der Waals surface area contributed by atoms with Crippen molar-refractivity contribution in [1.29, 1.82) is 0 Å². The molecule has 0 aromatic carbocycles. The zero-order valence-corrected chi connectivity index (χ0v) is 6.19. The first kappa shape index (κ1) is 286. The first-order valence-corrected chi connectivity index (χ1v) is 0. The van der Waals surface area contributed by atoms with Crippen LogP contribution in [0.4, 0.5) is 0 Å². The summed E-state index contributed by atoms with van der Waals surface area (Å²) < 4.78 is 0. The molecule has 0 aromatic heterocycles. The van der Waals surface area contributed by atoms with Gasteiger partial charge in [-0.15, -0.1) is 0 Å². The van der Waals surface area contributed by atoms with Gasteiger partial charge in [0.25, 0.3) is 0 Å². The molecular weight excluding hydrogens is 189 g/mol. The van der Waals surface area contributed by atoms with Gasteiger partial charge in [-0.05, 0) is 0 Å². The van der Waals surface area contributed by atoms with Crippen molar-refractivity contribution in [3.63, 3.8) is 0 Å². The molecule has 0 aromatic rings. The maximum atomic E-state index is 0. The van der Waals surface area contributed by atoms with Gasteiger partial charge in [0.05, 0.1) is 0 Å². The van der Waals surface area contributed by atoms with Crippen LogP contribution in [0.15, 0.2) is 0 Å². The van der Waals surface area contributed by atoms with Gasteiger partial charge in [0.2, 0.25) is 0 Å². The minimum Gasteiger partial charge on any atom is 0 e. The third-order valence-corrected chi connectivity index (χ3v) is 0. The van der Waals surface area contributed by atoms with Crippen molar-refractivity contribution in [2.45, 2.75) is 0 Å². The molecule has 5 nitrogen and oxygen atoms in total. The Kier molecular flexibility index (Phi) is 7150. The third-order valence-electron chi connectivity index (χ3n) is 0. The molecule has 0 aliphatic rings.